The van der Waals surface area contributed by atoms with Gasteiger partial charge in [-0.05, 0) is 36.2 Å². The molecular formula is C17H16O3. The number of carbonyl (C=O) groups excluding carboxylic acids is 1. The molecule has 1 heterocycles. The highest BCUT2D eigenvalue weighted by atomic mass is 16.5. The van der Waals surface area contributed by atoms with Crippen LogP contribution in [0.4, 0.5) is 0 Å². The van der Waals surface area contributed by atoms with Crippen LogP contribution in [0.2, 0.25) is 0 Å². The van der Waals surface area contributed by atoms with Crippen LogP contribution in [-0.4, -0.2) is 12.6 Å². The highest BCUT2D eigenvalue weighted by molar-refractivity contribution is 5.90. The Morgan fingerprint density at radius 3 is 2.80 bits per heavy atom. The molecular weight excluding hydrogens is 252 g/mol. The Morgan fingerprint density at radius 2 is 2.05 bits per heavy atom. The second-order valence-electron chi connectivity index (χ2n) is 4.76. The molecule has 3 nitrogen and oxygen atoms in total. The lowest BCUT2D eigenvalue weighted by molar-refractivity contribution is 0.0526. The lowest BCUT2D eigenvalue weighted by atomic mass is 10.0. The van der Waals surface area contributed by atoms with Crippen molar-refractivity contribution in [3.05, 3.63) is 65.2 Å². The Balaban J connectivity index is 1.82. The Bertz CT molecular complexity index is 619. The molecule has 0 spiro atoms. The zero-order chi connectivity index (χ0) is 13.9. The van der Waals surface area contributed by atoms with Gasteiger partial charge in [0.15, 0.2) is 0 Å². The van der Waals surface area contributed by atoms with E-state index in [1.807, 2.05) is 30.3 Å². The largest absolute Gasteiger partial charge is 0.485 e. The Kier molecular flexibility index (Phi) is 3.42. The molecule has 0 aliphatic carbocycles. The number of hydrogen-bond donors (Lipinski definition) is 0. The molecule has 0 aromatic heterocycles. The molecule has 102 valence electrons. The van der Waals surface area contributed by atoms with Crippen molar-refractivity contribution in [2.45, 2.75) is 19.4 Å². The molecule has 3 rings (SSSR count). The summed E-state index contributed by atoms with van der Waals surface area (Å²) in [7, 11) is 0. The number of ether oxygens (including phenoxy) is 2. The van der Waals surface area contributed by atoms with Gasteiger partial charge in [-0.15, -0.1) is 0 Å². The van der Waals surface area contributed by atoms with Crippen LogP contribution in [0.1, 0.15) is 34.5 Å². The van der Waals surface area contributed by atoms with Crippen molar-refractivity contribution in [1.82, 2.24) is 0 Å². The van der Waals surface area contributed by atoms with Gasteiger partial charge >= 0.3 is 5.97 Å². The first-order valence-corrected chi connectivity index (χ1v) is 6.79. The first kappa shape index (κ1) is 12.7. The summed E-state index contributed by atoms with van der Waals surface area (Å²) in [6.07, 6.45) is 0.815. The van der Waals surface area contributed by atoms with E-state index in [9.17, 15) is 4.79 Å². The predicted octanol–water partition coefficient (Wildman–Crippen LogP) is 3.54. The van der Waals surface area contributed by atoms with Gasteiger partial charge in [0.2, 0.25) is 0 Å². The molecule has 1 atom stereocenters. The van der Waals surface area contributed by atoms with Crippen LogP contribution >= 0.6 is 0 Å². The third kappa shape index (κ3) is 2.39. The summed E-state index contributed by atoms with van der Waals surface area (Å²) >= 11 is 0. The monoisotopic (exact) mass is 268 g/mol. The molecule has 1 aliphatic heterocycles. The van der Waals surface area contributed by atoms with Crippen LogP contribution in [-0.2, 0) is 11.2 Å². The van der Waals surface area contributed by atoms with Crippen LogP contribution in [0.15, 0.2) is 48.5 Å². The second kappa shape index (κ2) is 5.37. The zero-order valence-corrected chi connectivity index (χ0v) is 11.3. The quantitative estimate of drug-likeness (QED) is 0.799. The van der Waals surface area contributed by atoms with Gasteiger partial charge in [-0.3, -0.25) is 0 Å². The lowest BCUT2D eigenvalue weighted by Crippen LogP contribution is -2.04. The maximum atomic E-state index is 11.7. The number of hydrogen-bond acceptors (Lipinski definition) is 3. The average molecular weight is 268 g/mol. The van der Waals surface area contributed by atoms with E-state index >= 15 is 0 Å². The topological polar surface area (TPSA) is 35.5 Å². The number of carbonyl (C=O) groups is 1. The smallest absolute Gasteiger partial charge is 0.338 e. The maximum Gasteiger partial charge on any atom is 0.338 e. The van der Waals surface area contributed by atoms with Gasteiger partial charge < -0.3 is 9.47 Å². The van der Waals surface area contributed by atoms with Gasteiger partial charge in [0, 0.05) is 6.42 Å². The molecule has 3 heteroatoms. The number of esters is 1. The molecule has 20 heavy (non-hydrogen) atoms. The summed E-state index contributed by atoms with van der Waals surface area (Å²) in [6, 6.07) is 15.6. The fraction of sp³-hybridized carbons (Fsp3) is 0.235. The zero-order valence-electron chi connectivity index (χ0n) is 11.3. The van der Waals surface area contributed by atoms with E-state index in [4.69, 9.17) is 9.47 Å². The first-order valence-electron chi connectivity index (χ1n) is 6.79. The van der Waals surface area contributed by atoms with E-state index in [0.29, 0.717) is 12.2 Å². The molecule has 0 N–H and O–H groups in total. The van der Waals surface area contributed by atoms with E-state index < -0.39 is 0 Å². The molecule has 1 aliphatic rings. The molecule has 0 bridgehead atoms. The molecule has 0 fully saturated rings. The number of benzene rings is 2. The predicted molar refractivity (Wildman–Crippen MR) is 75.9 cm³/mol. The van der Waals surface area contributed by atoms with Crippen molar-refractivity contribution in [1.29, 1.82) is 0 Å². The number of rotatable bonds is 3. The normalized spacial score (nSPS) is 16.4. The third-order valence-corrected chi connectivity index (χ3v) is 3.42. The van der Waals surface area contributed by atoms with Crippen molar-refractivity contribution in [2.75, 3.05) is 6.61 Å². The summed E-state index contributed by atoms with van der Waals surface area (Å²) in [5, 5.41) is 0. The van der Waals surface area contributed by atoms with E-state index in [2.05, 4.69) is 12.1 Å². The molecule has 2 aromatic carbocycles. The van der Waals surface area contributed by atoms with Gasteiger partial charge in [0.1, 0.15) is 11.9 Å². The summed E-state index contributed by atoms with van der Waals surface area (Å²) in [4.78, 5) is 11.7. The van der Waals surface area contributed by atoms with Crippen molar-refractivity contribution < 1.29 is 14.3 Å². The Labute approximate surface area is 118 Å². The van der Waals surface area contributed by atoms with Gasteiger partial charge in [0.05, 0.1) is 12.2 Å². The molecule has 0 saturated heterocycles. The van der Waals surface area contributed by atoms with Crippen LogP contribution in [0, 0.1) is 0 Å². The standard InChI is InChI=1S/C17H16O3/c1-2-19-17(18)13-8-9-15-14(10-13)11-16(20-15)12-6-4-3-5-7-12/h3-10,16H,2,11H2,1H3. The van der Waals surface area contributed by atoms with E-state index in [1.165, 1.54) is 0 Å². The van der Waals surface area contributed by atoms with E-state index in [0.717, 1.165) is 23.3 Å². The van der Waals surface area contributed by atoms with Crippen molar-refractivity contribution in [3.8, 4) is 5.75 Å². The maximum absolute atomic E-state index is 11.7. The highest BCUT2D eigenvalue weighted by Gasteiger charge is 2.25. The molecule has 0 saturated carbocycles. The minimum absolute atomic E-state index is 0.0312. The minimum atomic E-state index is -0.279. The van der Waals surface area contributed by atoms with Gasteiger partial charge in [-0.25, -0.2) is 4.79 Å². The fourth-order valence-corrected chi connectivity index (χ4v) is 2.44. The summed E-state index contributed by atoms with van der Waals surface area (Å²) in [5.41, 5.74) is 2.80. The van der Waals surface area contributed by atoms with Crippen LogP contribution in [0.25, 0.3) is 0 Å². The molecule has 2 aromatic rings. The van der Waals surface area contributed by atoms with Gasteiger partial charge in [0.25, 0.3) is 0 Å². The van der Waals surface area contributed by atoms with E-state index in [1.54, 1.807) is 13.0 Å². The Hall–Kier alpha value is -2.29. The van der Waals surface area contributed by atoms with Crippen molar-refractivity contribution >= 4 is 5.97 Å². The second-order valence-corrected chi connectivity index (χ2v) is 4.76. The lowest BCUT2D eigenvalue weighted by Gasteiger charge is -2.10. The molecule has 0 amide bonds. The van der Waals surface area contributed by atoms with Crippen molar-refractivity contribution in [2.24, 2.45) is 0 Å². The average Bonchev–Trinajstić information content (AvgIpc) is 2.91. The van der Waals surface area contributed by atoms with E-state index in [-0.39, 0.29) is 12.1 Å². The first-order chi connectivity index (χ1) is 9.78. The third-order valence-electron chi connectivity index (χ3n) is 3.42. The van der Waals surface area contributed by atoms with Crippen LogP contribution < -0.4 is 4.74 Å². The van der Waals surface area contributed by atoms with Gasteiger partial charge in [-0.2, -0.15) is 0 Å². The summed E-state index contributed by atoms with van der Waals surface area (Å²) in [6.45, 7) is 2.19. The van der Waals surface area contributed by atoms with Crippen LogP contribution in [0.3, 0.4) is 0 Å². The summed E-state index contributed by atoms with van der Waals surface area (Å²) < 4.78 is 11.0. The SMILES string of the molecule is CCOC(=O)c1ccc2c(c1)CC(c1ccccc1)O2. The Morgan fingerprint density at radius 1 is 1.25 bits per heavy atom. The highest BCUT2D eigenvalue weighted by Crippen LogP contribution is 2.37. The molecule has 0 radical (unpaired) electrons. The van der Waals surface area contributed by atoms with Crippen molar-refractivity contribution in [3.63, 3.8) is 0 Å². The van der Waals surface area contributed by atoms with Gasteiger partial charge in [-0.1, -0.05) is 30.3 Å². The molecule has 1 unspecified atom stereocenters. The minimum Gasteiger partial charge on any atom is -0.485 e. The summed E-state index contributed by atoms with van der Waals surface area (Å²) in [5.74, 6) is 0.574. The van der Waals surface area contributed by atoms with Crippen LogP contribution in [0.5, 0.6) is 5.75 Å². The fourth-order valence-electron chi connectivity index (χ4n) is 2.44. The number of fused-ring (bicyclic) bond motifs is 1.